The van der Waals surface area contributed by atoms with Crippen molar-refractivity contribution in [3.8, 4) is 0 Å². The molecule has 0 saturated heterocycles. The van der Waals surface area contributed by atoms with E-state index >= 15 is 0 Å². The first-order valence-corrected chi connectivity index (χ1v) is 11.2. The zero-order chi connectivity index (χ0) is 24.0. The molecule has 1 heterocycles. The van der Waals surface area contributed by atoms with E-state index < -0.39 is 0 Å². The molecule has 0 aliphatic carbocycles. The molecule has 0 aliphatic heterocycles. The van der Waals surface area contributed by atoms with E-state index in [9.17, 15) is 18.8 Å². The van der Waals surface area contributed by atoms with Crippen molar-refractivity contribution in [1.29, 1.82) is 0 Å². The molecule has 0 fully saturated rings. The van der Waals surface area contributed by atoms with Crippen molar-refractivity contribution >= 4 is 34.4 Å². The molecule has 1 unspecified atom stereocenters. The van der Waals surface area contributed by atoms with E-state index in [1.165, 1.54) is 28.2 Å². The Kier molecular flexibility index (Phi) is 8.22. The highest BCUT2D eigenvalue weighted by Gasteiger charge is 2.25. The average Bonchev–Trinajstić information content (AvgIpc) is 2.84. The number of nitrogens with zero attached hydrogens (tertiary/aromatic N) is 2. The second-order valence-electron chi connectivity index (χ2n) is 7.88. The minimum absolute atomic E-state index is 0.0210. The summed E-state index contributed by atoms with van der Waals surface area (Å²) in [6, 6.07) is 12.5. The van der Waals surface area contributed by atoms with Gasteiger partial charge in [-0.3, -0.25) is 14.4 Å². The number of hydrogen-bond donors (Lipinski definition) is 0. The van der Waals surface area contributed by atoms with Gasteiger partial charge in [-0.1, -0.05) is 31.2 Å². The van der Waals surface area contributed by atoms with E-state index in [-0.39, 0.29) is 54.6 Å². The maximum atomic E-state index is 13.4. The fraction of sp³-hybridized carbons (Fsp3) is 0.320. The number of carbonyl (C=O) groups excluding carboxylic acids is 2. The Bertz CT molecular complexity index is 1180. The Morgan fingerprint density at radius 1 is 1.06 bits per heavy atom. The normalized spacial score (nSPS) is 11.9. The van der Waals surface area contributed by atoms with Crippen molar-refractivity contribution in [2.75, 3.05) is 12.4 Å². The predicted octanol–water partition coefficient (Wildman–Crippen LogP) is 4.33. The van der Waals surface area contributed by atoms with E-state index in [0.29, 0.717) is 28.5 Å². The quantitative estimate of drug-likeness (QED) is 0.435. The molecule has 0 bridgehead atoms. The molecule has 0 aliphatic rings. The highest BCUT2D eigenvalue weighted by Crippen LogP contribution is 2.15. The smallest absolute Gasteiger partial charge is 0.242 e. The molecule has 6 nitrogen and oxygen atoms in total. The number of halogens is 2. The van der Waals surface area contributed by atoms with E-state index in [4.69, 9.17) is 16.0 Å². The number of fused-ring (bicyclic) bond motifs is 1. The predicted molar refractivity (Wildman–Crippen MR) is 125 cm³/mol. The van der Waals surface area contributed by atoms with Crippen LogP contribution in [0.15, 0.2) is 64.0 Å². The van der Waals surface area contributed by atoms with Gasteiger partial charge in [-0.15, -0.1) is 11.6 Å². The number of benzene rings is 2. The van der Waals surface area contributed by atoms with E-state index in [2.05, 4.69) is 0 Å². The molecule has 1 atom stereocenters. The van der Waals surface area contributed by atoms with Gasteiger partial charge in [0.25, 0.3) is 0 Å². The molecule has 2 amide bonds. The largest absolute Gasteiger partial charge is 0.464 e. The van der Waals surface area contributed by atoms with Gasteiger partial charge in [-0.25, -0.2) is 4.39 Å². The second kappa shape index (κ2) is 11.1. The third kappa shape index (κ3) is 5.99. The average molecular weight is 473 g/mol. The zero-order valence-corrected chi connectivity index (χ0v) is 19.3. The van der Waals surface area contributed by atoms with Crippen LogP contribution in [0.5, 0.6) is 0 Å². The molecule has 33 heavy (non-hydrogen) atoms. The Morgan fingerprint density at radius 2 is 1.76 bits per heavy atom. The molecule has 174 valence electrons. The third-order valence-corrected chi connectivity index (χ3v) is 5.84. The van der Waals surface area contributed by atoms with Gasteiger partial charge in [0.2, 0.25) is 11.8 Å². The maximum absolute atomic E-state index is 13.4. The first-order valence-electron chi connectivity index (χ1n) is 10.7. The summed E-state index contributed by atoms with van der Waals surface area (Å²) in [6.45, 7) is 3.70. The van der Waals surface area contributed by atoms with Crippen LogP contribution in [-0.4, -0.2) is 40.1 Å². The van der Waals surface area contributed by atoms with Crippen LogP contribution >= 0.6 is 11.6 Å². The summed E-state index contributed by atoms with van der Waals surface area (Å²) in [6.07, 6.45) is 2.01. The van der Waals surface area contributed by atoms with Crippen molar-refractivity contribution in [3.63, 3.8) is 0 Å². The highest BCUT2D eigenvalue weighted by atomic mass is 35.5. The molecule has 2 aromatic carbocycles. The topological polar surface area (TPSA) is 70.8 Å². The number of alkyl halides is 1. The van der Waals surface area contributed by atoms with Gasteiger partial charge in [-0.05, 0) is 43.2 Å². The number of rotatable bonds is 9. The minimum atomic E-state index is -0.387. The monoisotopic (exact) mass is 472 g/mol. The summed E-state index contributed by atoms with van der Waals surface area (Å²) in [5, 5.41) is 0.419. The summed E-state index contributed by atoms with van der Waals surface area (Å²) < 4.78 is 19.0. The molecular formula is C25H26ClFN2O4. The molecule has 0 radical (unpaired) electrons. The summed E-state index contributed by atoms with van der Waals surface area (Å²) in [7, 11) is 0. The summed E-state index contributed by atoms with van der Waals surface area (Å²) in [5.41, 5.74) is 1.22. The van der Waals surface area contributed by atoms with Crippen LogP contribution in [0, 0.1) is 5.82 Å². The van der Waals surface area contributed by atoms with Gasteiger partial charge in [0, 0.05) is 12.6 Å². The lowest BCUT2D eigenvalue weighted by atomic mass is 10.1. The van der Waals surface area contributed by atoms with E-state index in [1.54, 1.807) is 36.4 Å². The van der Waals surface area contributed by atoms with Crippen molar-refractivity contribution in [3.05, 3.63) is 82.0 Å². The first-order chi connectivity index (χ1) is 15.8. The van der Waals surface area contributed by atoms with Crippen molar-refractivity contribution in [2.24, 2.45) is 0 Å². The highest BCUT2D eigenvalue weighted by molar-refractivity contribution is 6.27. The van der Waals surface area contributed by atoms with Crippen molar-refractivity contribution in [2.45, 2.75) is 39.4 Å². The Morgan fingerprint density at radius 3 is 2.42 bits per heavy atom. The maximum Gasteiger partial charge on any atom is 0.242 e. The molecule has 1 aromatic heterocycles. The van der Waals surface area contributed by atoms with E-state index in [1.807, 2.05) is 13.8 Å². The second-order valence-corrected chi connectivity index (χ2v) is 8.14. The molecule has 3 aromatic rings. The lowest BCUT2D eigenvalue weighted by Gasteiger charge is -2.31. The molecule has 3 rings (SSSR count). The standard InChI is InChI=1S/C25H26ClFN2O4/c1-3-17(2)29(23(30)12-26)15-24(31)28(13-18-8-10-20(27)11-9-18)14-19-16-33-22-7-5-4-6-21(22)25(19)32/h4-11,16-17H,3,12-15H2,1-2H3. The van der Waals surface area contributed by atoms with Gasteiger partial charge in [-0.2, -0.15) is 0 Å². The van der Waals surface area contributed by atoms with Gasteiger partial charge < -0.3 is 14.2 Å². The summed E-state index contributed by atoms with van der Waals surface area (Å²) >= 11 is 5.76. The van der Waals surface area contributed by atoms with Gasteiger partial charge in [0.05, 0.1) is 23.8 Å². The van der Waals surface area contributed by atoms with Crippen LogP contribution in [0.4, 0.5) is 4.39 Å². The molecular weight excluding hydrogens is 447 g/mol. The van der Waals surface area contributed by atoms with Crippen molar-refractivity contribution < 1.29 is 18.4 Å². The Hall–Kier alpha value is -3.19. The number of para-hydroxylation sites is 1. The van der Waals surface area contributed by atoms with Crippen LogP contribution in [0.3, 0.4) is 0 Å². The number of carbonyl (C=O) groups is 2. The van der Waals surface area contributed by atoms with Gasteiger partial charge >= 0.3 is 0 Å². The van der Waals surface area contributed by atoms with Crippen LogP contribution in [0.2, 0.25) is 0 Å². The molecule has 8 heteroatoms. The number of amides is 2. The van der Waals surface area contributed by atoms with Gasteiger partial charge in [0.15, 0.2) is 5.43 Å². The van der Waals surface area contributed by atoms with Crippen LogP contribution in [0.1, 0.15) is 31.4 Å². The molecule has 0 saturated carbocycles. The SMILES string of the molecule is CCC(C)N(CC(=O)N(Cc1ccc(F)cc1)Cc1coc2ccccc2c1=O)C(=O)CCl. The van der Waals surface area contributed by atoms with Crippen LogP contribution < -0.4 is 5.43 Å². The fourth-order valence-corrected chi connectivity index (χ4v) is 3.66. The summed E-state index contributed by atoms with van der Waals surface area (Å²) in [4.78, 5) is 41.6. The third-order valence-electron chi connectivity index (χ3n) is 5.62. The fourth-order valence-electron chi connectivity index (χ4n) is 3.51. The van der Waals surface area contributed by atoms with Crippen LogP contribution in [-0.2, 0) is 22.7 Å². The molecule has 0 N–H and O–H groups in total. The van der Waals surface area contributed by atoms with E-state index in [0.717, 1.165) is 0 Å². The first kappa shape index (κ1) is 24.5. The van der Waals surface area contributed by atoms with Crippen molar-refractivity contribution in [1.82, 2.24) is 9.80 Å². The Balaban J connectivity index is 1.92. The zero-order valence-electron chi connectivity index (χ0n) is 18.6. The molecule has 0 spiro atoms. The van der Waals surface area contributed by atoms with Crippen LogP contribution in [0.25, 0.3) is 11.0 Å². The lowest BCUT2D eigenvalue weighted by Crippen LogP contribution is -2.47. The summed E-state index contributed by atoms with van der Waals surface area (Å²) in [5.74, 6) is -1.32. The minimum Gasteiger partial charge on any atom is -0.464 e. The number of hydrogen-bond acceptors (Lipinski definition) is 4. The van der Waals surface area contributed by atoms with Gasteiger partial charge in [0.1, 0.15) is 23.8 Å². The lowest BCUT2D eigenvalue weighted by molar-refractivity contribution is -0.141. The Labute approximate surface area is 196 Å².